The third-order valence-electron chi connectivity index (χ3n) is 7.25. The van der Waals surface area contributed by atoms with E-state index in [4.69, 9.17) is 35.9 Å². The number of nitrogens with two attached hydrogens (primary N) is 1. The van der Waals surface area contributed by atoms with E-state index in [9.17, 15) is 28.8 Å². The van der Waals surface area contributed by atoms with Crippen molar-refractivity contribution in [3.05, 3.63) is 69.0 Å². The van der Waals surface area contributed by atoms with Crippen LogP contribution in [0.15, 0.2) is 52.2 Å². The highest BCUT2D eigenvalue weighted by Gasteiger charge is 2.54. The van der Waals surface area contributed by atoms with Gasteiger partial charge in [-0.15, -0.1) is 11.6 Å². The SMILES string of the molecule is CC(C)[C@H](N)C(=O)OCC(C)(C)C(=O)SCCOP(=O)(NCc1ccccc1)OC[C@H]1O[C@@H](n2ccc(=O)[nH]c2=O)[C@](C)(Cl)[C@@H]1O. The smallest absolute Gasteiger partial charge is 0.405 e. The summed E-state index contributed by atoms with van der Waals surface area (Å²) >= 11 is 7.51. The predicted molar refractivity (Wildman–Crippen MR) is 173 cm³/mol. The molecule has 0 aliphatic carbocycles. The van der Waals surface area contributed by atoms with Crippen molar-refractivity contribution >= 4 is 42.2 Å². The highest BCUT2D eigenvalue weighted by atomic mass is 35.5. The summed E-state index contributed by atoms with van der Waals surface area (Å²) in [5.74, 6) is -0.604. The summed E-state index contributed by atoms with van der Waals surface area (Å²) < 4.78 is 37.3. The fourth-order valence-corrected chi connectivity index (χ4v) is 6.74. The molecule has 0 radical (unpaired) electrons. The first-order valence-electron chi connectivity index (χ1n) is 14.6. The van der Waals surface area contributed by atoms with Crippen molar-refractivity contribution in [1.29, 1.82) is 0 Å². The van der Waals surface area contributed by atoms with Crippen LogP contribution in [0.4, 0.5) is 0 Å². The summed E-state index contributed by atoms with van der Waals surface area (Å²) in [6.45, 7) is 7.66. The molecule has 2 heterocycles. The van der Waals surface area contributed by atoms with E-state index in [1.54, 1.807) is 27.7 Å². The molecular formula is C29H42ClN4O10PS. The van der Waals surface area contributed by atoms with Gasteiger partial charge in [0.1, 0.15) is 29.7 Å². The van der Waals surface area contributed by atoms with Crippen molar-refractivity contribution in [1.82, 2.24) is 14.6 Å². The lowest BCUT2D eigenvalue weighted by Crippen LogP contribution is -2.43. The Morgan fingerprint density at radius 1 is 1.24 bits per heavy atom. The lowest BCUT2D eigenvalue weighted by Gasteiger charge is -2.26. The molecule has 1 unspecified atom stereocenters. The Morgan fingerprint density at radius 3 is 2.54 bits per heavy atom. The van der Waals surface area contributed by atoms with Crippen LogP contribution >= 0.6 is 31.1 Å². The maximum atomic E-state index is 13.8. The first kappa shape index (κ1) is 38.1. The Morgan fingerprint density at radius 2 is 1.91 bits per heavy atom. The van der Waals surface area contributed by atoms with Crippen LogP contribution in [0.5, 0.6) is 0 Å². The normalized spacial score (nSPS) is 23.6. The minimum Gasteiger partial charge on any atom is -0.463 e. The summed E-state index contributed by atoms with van der Waals surface area (Å²) in [5, 5.41) is 13.4. The zero-order valence-corrected chi connectivity index (χ0v) is 28.8. The molecule has 0 spiro atoms. The quantitative estimate of drug-likeness (QED) is 0.0861. The van der Waals surface area contributed by atoms with Crippen LogP contribution in [0.3, 0.4) is 0 Å². The van der Waals surface area contributed by atoms with Gasteiger partial charge in [0.2, 0.25) is 0 Å². The first-order valence-corrected chi connectivity index (χ1v) is 17.5. The van der Waals surface area contributed by atoms with Crippen molar-refractivity contribution in [2.75, 3.05) is 25.6 Å². The highest BCUT2D eigenvalue weighted by molar-refractivity contribution is 8.13. The van der Waals surface area contributed by atoms with E-state index in [2.05, 4.69) is 10.1 Å². The number of benzene rings is 1. The molecule has 1 fully saturated rings. The topological polar surface area (TPSA) is 201 Å². The monoisotopic (exact) mass is 704 g/mol. The largest absolute Gasteiger partial charge is 0.463 e. The average molecular weight is 705 g/mol. The Hall–Kier alpha value is -2.33. The summed E-state index contributed by atoms with van der Waals surface area (Å²) in [7, 11) is -4.07. The third-order valence-corrected chi connectivity index (χ3v) is 10.4. The molecule has 0 saturated carbocycles. The second-order valence-corrected chi connectivity index (χ2v) is 15.7. The fraction of sp³-hybridized carbons (Fsp3) is 0.586. The van der Waals surface area contributed by atoms with Gasteiger partial charge in [0.05, 0.1) is 18.6 Å². The van der Waals surface area contributed by atoms with Gasteiger partial charge in [0, 0.05) is 24.6 Å². The van der Waals surface area contributed by atoms with Gasteiger partial charge in [0.25, 0.3) is 5.56 Å². The molecule has 1 aliphatic heterocycles. The minimum atomic E-state index is -4.07. The number of thioether (sulfide) groups is 1. The van der Waals surface area contributed by atoms with E-state index >= 15 is 0 Å². The van der Waals surface area contributed by atoms with E-state index in [1.165, 1.54) is 13.1 Å². The summed E-state index contributed by atoms with van der Waals surface area (Å²) in [5.41, 5.74) is 4.19. The number of ether oxygens (including phenoxy) is 2. The summed E-state index contributed by atoms with van der Waals surface area (Å²) in [4.78, 5) is 49.5. The van der Waals surface area contributed by atoms with Gasteiger partial charge in [-0.1, -0.05) is 55.9 Å². The number of aliphatic hydroxyl groups excluding tert-OH is 1. The Kier molecular flexibility index (Phi) is 13.4. The molecule has 6 atom stereocenters. The number of carbonyl (C=O) groups excluding carboxylic acids is 2. The zero-order valence-electron chi connectivity index (χ0n) is 26.3. The molecule has 256 valence electrons. The lowest BCUT2D eigenvalue weighted by molar-refractivity contribution is -0.150. The van der Waals surface area contributed by atoms with Gasteiger partial charge in [-0.2, -0.15) is 0 Å². The Labute approximate surface area is 276 Å². The van der Waals surface area contributed by atoms with Crippen molar-refractivity contribution in [2.45, 2.75) is 70.5 Å². The third kappa shape index (κ3) is 10.1. The molecular weight excluding hydrogens is 663 g/mol. The Balaban J connectivity index is 1.63. The molecule has 0 amide bonds. The van der Waals surface area contributed by atoms with E-state index < -0.39 is 66.3 Å². The molecule has 5 N–H and O–H groups in total. The van der Waals surface area contributed by atoms with Crippen LogP contribution in [-0.2, 0) is 39.2 Å². The van der Waals surface area contributed by atoms with E-state index in [0.29, 0.717) is 0 Å². The van der Waals surface area contributed by atoms with Gasteiger partial charge in [0.15, 0.2) is 11.3 Å². The second-order valence-electron chi connectivity index (χ2n) is 12.0. The molecule has 2 aromatic rings. The molecule has 3 rings (SSSR count). The molecule has 1 saturated heterocycles. The summed E-state index contributed by atoms with van der Waals surface area (Å²) in [6.07, 6.45) is -2.50. The molecule has 1 aromatic carbocycles. The average Bonchev–Trinajstić information content (AvgIpc) is 3.23. The number of hydrogen-bond donors (Lipinski definition) is 4. The number of nitrogens with zero attached hydrogens (tertiary/aromatic N) is 1. The van der Waals surface area contributed by atoms with Crippen molar-refractivity contribution in [2.24, 2.45) is 17.1 Å². The number of halogens is 1. The van der Waals surface area contributed by atoms with Gasteiger partial charge in [-0.3, -0.25) is 33.0 Å². The number of aromatic nitrogens is 2. The van der Waals surface area contributed by atoms with Gasteiger partial charge in [-0.25, -0.2) is 14.4 Å². The van der Waals surface area contributed by atoms with Crippen LogP contribution in [0, 0.1) is 11.3 Å². The van der Waals surface area contributed by atoms with Crippen LogP contribution < -0.4 is 22.1 Å². The molecule has 1 aliphatic rings. The summed E-state index contributed by atoms with van der Waals surface area (Å²) in [6, 6.07) is 9.39. The lowest BCUT2D eigenvalue weighted by atomic mass is 9.97. The molecule has 46 heavy (non-hydrogen) atoms. The van der Waals surface area contributed by atoms with Crippen LogP contribution in [-0.4, -0.2) is 74.4 Å². The maximum Gasteiger partial charge on any atom is 0.405 e. The number of H-pyrrole nitrogens is 1. The van der Waals surface area contributed by atoms with Gasteiger partial charge >= 0.3 is 19.4 Å². The van der Waals surface area contributed by atoms with Crippen LogP contribution in [0.1, 0.15) is 46.4 Å². The Bertz CT molecular complexity index is 1500. The minimum absolute atomic E-state index is 0.0988. The number of nitrogens with one attached hydrogen (secondary N) is 2. The molecule has 14 nitrogen and oxygen atoms in total. The predicted octanol–water partition coefficient (Wildman–Crippen LogP) is 2.54. The fourth-order valence-electron chi connectivity index (χ4n) is 4.21. The zero-order chi connectivity index (χ0) is 34.3. The number of aliphatic hydroxyl groups is 1. The first-order chi connectivity index (χ1) is 21.5. The number of aromatic amines is 1. The number of alkyl halides is 1. The number of rotatable bonds is 16. The van der Waals surface area contributed by atoms with Crippen molar-refractivity contribution in [3.8, 4) is 0 Å². The van der Waals surface area contributed by atoms with E-state index in [-0.39, 0.29) is 36.5 Å². The van der Waals surface area contributed by atoms with Gasteiger partial charge < -0.3 is 20.3 Å². The maximum absolute atomic E-state index is 13.8. The number of hydrogen-bond acceptors (Lipinski definition) is 12. The van der Waals surface area contributed by atoms with Crippen LogP contribution in [0.25, 0.3) is 0 Å². The van der Waals surface area contributed by atoms with E-state index in [1.807, 2.05) is 30.3 Å². The molecule has 1 aromatic heterocycles. The van der Waals surface area contributed by atoms with Gasteiger partial charge in [-0.05, 0) is 32.3 Å². The van der Waals surface area contributed by atoms with Crippen LogP contribution in [0.2, 0.25) is 0 Å². The molecule has 0 bridgehead atoms. The van der Waals surface area contributed by atoms with E-state index in [0.717, 1.165) is 28.0 Å². The number of carbonyl (C=O) groups is 2. The highest BCUT2D eigenvalue weighted by Crippen LogP contribution is 2.47. The number of esters is 1. The van der Waals surface area contributed by atoms with Crippen molar-refractivity contribution < 1.29 is 37.8 Å². The van der Waals surface area contributed by atoms with Crippen molar-refractivity contribution in [3.63, 3.8) is 0 Å². The molecule has 17 heteroatoms. The second kappa shape index (κ2) is 16.2. The standard InChI is InChI=1S/C29H42ClN4O10PS/c1-18(2)22(31)24(37)41-17-28(3,4)26(38)46-14-13-42-45(40,32-15-19-9-7-6-8-10-19)43-16-20-23(36)29(5,30)25(44-20)34-12-11-21(35)33-27(34)39/h6-12,18,20,22-23,25,36H,13-17,31H2,1-5H3,(H,32,40)(H,33,35,39)/t20-,22+,23-,25-,29-,45?/m1/s1.